The fourth-order valence-corrected chi connectivity index (χ4v) is 5.36. The largest absolute Gasteiger partial charge is 0.481 e. The van der Waals surface area contributed by atoms with Gasteiger partial charge in [-0.15, -0.1) is 11.3 Å². The number of carboxylic acid groups (broad SMARTS) is 1. The van der Waals surface area contributed by atoms with Crippen LogP contribution in [0.4, 0.5) is 13.2 Å². The molecule has 0 spiro atoms. The van der Waals surface area contributed by atoms with Crippen LogP contribution in [0.15, 0.2) is 41.3 Å². The van der Waals surface area contributed by atoms with Crippen LogP contribution >= 0.6 is 11.3 Å². The Morgan fingerprint density at radius 1 is 1.03 bits per heavy atom. The molecule has 35 heavy (non-hydrogen) atoms. The Morgan fingerprint density at radius 2 is 1.63 bits per heavy atom. The number of benzene rings is 1. The maximum atomic E-state index is 12.9. The average Bonchev–Trinajstić information content (AvgIpc) is 3.16. The highest BCUT2D eigenvalue weighted by molar-refractivity contribution is 7.89. The molecule has 0 bridgehead atoms. The number of esters is 1. The Bertz CT molecular complexity index is 1120. The van der Waals surface area contributed by atoms with Crippen molar-refractivity contribution in [3.63, 3.8) is 0 Å². The Hall–Kier alpha value is -2.44. The Kier molecular flexibility index (Phi) is 9.49. The van der Waals surface area contributed by atoms with Gasteiger partial charge in [0.15, 0.2) is 0 Å². The van der Waals surface area contributed by atoms with Crippen molar-refractivity contribution in [2.24, 2.45) is 0 Å². The maximum absolute atomic E-state index is 12.9. The normalized spacial score (nSPS) is 13.4. The molecule has 2 rings (SSSR count). The van der Waals surface area contributed by atoms with Gasteiger partial charge in [-0.1, -0.05) is 0 Å². The quantitative estimate of drug-likeness (QED) is 0.316. The van der Waals surface area contributed by atoms with Gasteiger partial charge in [-0.2, -0.15) is 17.9 Å². The summed E-state index contributed by atoms with van der Waals surface area (Å²) >= 11 is 1.37. The zero-order valence-electron chi connectivity index (χ0n) is 19.5. The van der Waals surface area contributed by atoms with E-state index in [1.54, 1.807) is 26.8 Å². The second-order valence-corrected chi connectivity index (χ2v) is 11.9. The molecule has 1 aromatic carbocycles. The number of rotatable bonds is 11. The first-order valence-electron chi connectivity index (χ1n) is 10.8. The summed E-state index contributed by atoms with van der Waals surface area (Å²) in [6, 6.07) is 5.26. The van der Waals surface area contributed by atoms with Crippen LogP contribution in [0.1, 0.15) is 55.4 Å². The number of carboxylic acids is 1. The lowest BCUT2D eigenvalue weighted by Crippen LogP contribution is -2.45. The third-order valence-electron chi connectivity index (χ3n) is 4.67. The topological polar surface area (TPSA) is 110 Å². The standard InChI is InChI=1S/C23H28F3NO6S2/c1-22(2,3)33-21(30)19(14-17-11-10-16(34-17)6-4-5-7-20(28)29)27-35(31,32)18-12-8-15(9-13-18)23(24,25)26/h8-13,19,27H,4-7,14H2,1-3H3,(H,28,29). The molecule has 0 aliphatic rings. The zero-order valence-corrected chi connectivity index (χ0v) is 21.1. The van der Waals surface area contributed by atoms with Crippen LogP contribution in [-0.2, 0) is 43.4 Å². The highest BCUT2D eigenvalue weighted by Gasteiger charge is 2.33. The van der Waals surface area contributed by atoms with Gasteiger partial charge in [-0.3, -0.25) is 9.59 Å². The lowest BCUT2D eigenvalue weighted by molar-refractivity contribution is -0.157. The highest BCUT2D eigenvalue weighted by Crippen LogP contribution is 2.30. The molecule has 0 fully saturated rings. The van der Waals surface area contributed by atoms with Crippen LogP contribution in [0, 0.1) is 0 Å². The van der Waals surface area contributed by atoms with E-state index in [2.05, 4.69) is 4.72 Å². The number of aliphatic carboxylic acids is 1. The van der Waals surface area contributed by atoms with E-state index in [1.165, 1.54) is 11.3 Å². The van der Waals surface area contributed by atoms with Crippen LogP contribution in [0.3, 0.4) is 0 Å². The highest BCUT2D eigenvalue weighted by atomic mass is 32.2. The van der Waals surface area contributed by atoms with Gasteiger partial charge in [0, 0.05) is 22.6 Å². The summed E-state index contributed by atoms with van der Waals surface area (Å²) in [5.41, 5.74) is -1.88. The average molecular weight is 536 g/mol. The predicted molar refractivity (Wildman–Crippen MR) is 125 cm³/mol. The van der Waals surface area contributed by atoms with Crippen molar-refractivity contribution in [3.8, 4) is 0 Å². The van der Waals surface area contributed by atoms with Crippen molar-refractivity contribution in [1.29, 1.82) is 0 Å². The molecule has 0 saturated heterocycles. The van der Waals surface area contributed by atoms with Gasteiger partial charge in [-0.25, -0.2) is 8.42 Å². The maximum Gasteiger partial charge on any atom is 0.416 e. The van der Waals surface area contributed by atoms with E-state index in [-0.39, 0.29) is 12.8 Å². The van der Waals surface area contributed by atoms with Crippen LogP contribution < -0.4 is 4.72 Å². The van der Waals surface area contributed by atoms with Crippen LogP contribution in [0.5, 0.6) is 0 Å². The summed E-state index contributed by atoms with van der Waals surface area (Å²) in [4.78, 5) is 24.7. The van der Waals surface area contributed by atoms with Crippen molar-refractivity contribution in [2.75, 3.05) is 0 Å². The summed E-state index contributed by atoms with van der Waals surface area (Å²) < 4.78 is 71.8. The molecule has 2 N–H and O–H groups in total. The van der Waals surface area contributed by atoms with E-state index in [9.17, 15) is 31.2 Å². The number of sulfonamides is 1. The number of nitrogens with one attached hydrogen (secondary N) is 1. The summed E-state index contributed by atoms with van der Waals surface area (Å²) in [7, 11) is -4.33. The molecule has 12 heteroatoms. The number of unbranched alkanes of at least 4 members (excludes halogenated alkanes) is 1. The number of carbonyl (C=O) groups is 2. The van der Waals surface area contributed by atoms with Gasteiger partial charge < -0.3 is 9.84 Å². The lowest BCUT2D eigenvalue weighted by Gasteiger charge is -2.24. The monoisotopic (exact) mass is 535 g/mol. The molecule has 194 valence electrons. The molecule has 1 aromatic heterocycles. The van der Waals surface area contributed by atoms with Crippen LogP contribution in [0.25, 0.3) is 0 Å². The molecule has 1 heterocycles. The predicted octanol–water partition coefficient (Wildman–Crippen LogP) is 4.80. The Morgan fingerprint density at radius 3 is 2.17 bits per heavy atom. The number of alkyl halides is 3. The molecule has 0 amide bonds. The molecule has 2 aromatic rings. The number of hydrogen-bond acceptors (Lipinski definition) is 6. The number of ether oxygens (including phenoxy) is 1. The van der Waals surface area contributed by atoms with Crippen molar-refractivity contribution >= 4 is 33.3 Å². The number of aryl methyl sites for hydroxylation is 1. The third kappa shape index (κ3) is 9.61. The SMILES string of the molecule is CC(C)(C)OC(=O)C(Cc1ccc(CCCCC(=O)O)s1)NS(=O)(=O)c1ccc(C(F)(F)F)cc1. The number of carbonyl (C=O) groups excluding carboxylic acids is 1. The van der Waals surface area contributed by atoms with Crippen molar-refractivity contribution in [3.05, 3.63) is 51.7 Å². The lowest BCUT2D eigenvalue weighted by atomic mass is 10.1. The summed E-state index contributed by atoms with van der Waals surface area (Å²) in [5, 5.41) is 8.72. The van der Waals surface area contributed by atoms with Gasteiger partial charge in [-0.05, 0) is 76.4 Å². The summed E-state index contributed by atoms with van der Waals surface area (Å²) in [6.07, 6.45) is -2.72. The van der Waals surface area contributed by atoms with Crippen LogP contribution in [0.2, 0.25) is 0 Å². The second kappa shape index (κ2) is 11.5. The van der Waals surface area contributed by atoms with Gasteiger partial charge in [0.25, 0.3) is 0 Å². The zero-order chi connectivity index (χ0) is 26.4. The fraction of sp³-hybridized carbons (Fsp3) is 0.478. The smallest absolute Gasteiger partial charge is 0.416 e. The summed E-state index contributed by atoms with van der Waals surface area (Å²) in [6.45, 7) is 4.89. The first-order valence-corrected chi connectivity index (χ1v) is 13.1. The van der Waals surface area contributed by atoms with E-state index in [1.807, 2.05) is 6.07 Å². The van der Waals surface area contributed by atoms with Crippen molar-refractivity contribution < 1.29 is 41.0 Å². The number of thiophene rings is 1. The molecule has 0 aliphatic heterocycles. The molecule has 0 saturated carbocycles. The van der Waals surface area contributed by atoms with E-state index >= 15 is 0 Å². The Labute approximate surface area is 206 Å². The fourth-order valence-electron chi connectivity index (χ4n) is 3.07. The minimum atomic E-state index is -4.61. The molecule has 0 radical (unpaired) electrons. The molecular weight excluding hydrogens is 507 g/mol. The first kappa shape index (κ1) is 28.8. The Balaban J connectivity index is 2.19. The van der Waals surface area contributed by atoms with Gasteiger partial charge >= 0.3 is 18.1 Å². The number of hydrogen-bond donors (Lipinski definition) is 2. The van der Waals surface area contributed by atoms with E-state index < -0.39 is 50.2 Å². The van der Waals surface area contributed by atoms with Gasteiger partial charge in [0.05, 0.1) is 10.5 Å². The van der Waals surface area contributed by atoms with Crippen LogP contribution in [-0.4, -0.2) is 37.1 Å². The van der Waals surface area contributed by atoms with E-state index in [0.717, 1.165) is 17.0 Å². The van der Waals surface area contributed by atoms with Crippen molar-refractivity contribution in [2.45, 2.75) is 75.6 Å². The van der Waals surface area contributed by atoms with Gasteiger partial charge in [0.2, 0.25) is 10.0 Å². The second-order valence-electron chi connectivity index (χ2n) is 8.90. The third-order valence-corrected chi connectivity index (χ3v) is 7.32. The first-order chi connectivity index (χ1) is 16.1. The minimum absolute atomic E-state index is 0.0193. The number of halogens is 3. The molecule has 1 atom stereocenters. The molecule has 1 unspecified atom stereocenters. The molecule has 7 nitrogen and oxygen atoms in total. The molecular formula is C23H28F3NO6S2. The van der Waals surface area contributed by atoms with E-state index in [0.29, 0.717) is 36.3 Å². The summed E-state index contributed by atoms with van der Waals surface area (Å²) in [5.74, 6) is -1.68. The van der Waals surface area contributed by atoms with Crippen molar-refractivity contribution in [1.82, 2.24) is 4.72 Å². The van der Waals surface area contributed by atoms with Gasteiger partial charge in [0.1, 0.15) is 11.6 Å². The molecule has 0 aliphatic carbocycles. The minimum Gasteiger partial charge on any atom is -0.481 e. The van der Waals surface area contributed by atoms with E-state index in [4.69, 9.17) is 9.84 Å².